The van der Waals surface area contributed by atoms with Gasteiger partial charge in [0, 0.05) is 22.4 Å². The van der Waals surface area contributed by atoms with Crippen LogP contribution in [-0.2, 0) is 0 Å². The molecule has 6 nitrogen and oxygen atoms in total. The number of carbonyl (C=O) groups is 1. The van der Waals surface area contributed by atoms with Gasteiger partial charge in [-0.1, -0.05) is 60.7 Å². The average molecular weight is 462 g/mol. The molecule has 0 aliphatic heterocycles. The Hall–Kier alpha value is -4.71. The highest BCUT2D eigenvalue weighted by atomic mass is 16.5. The molecule has 0 spiro atoms. The van der Waals surface area contributed by atoms with E-state index >= 15 is 0 Å². The van der Waals surface area contributed by atoms with Gasteiger partial charge in [-0.3, -0.25) is 4.79 Å². The van der Waals surface area contributed by atoms with Gasteiger partial charge in [0.1, 0.15) is 0 Å². The van der Waals surface area contributed by atoms with Crippen molar-refractivity contribution in [1.29, 1.82) is 0 Å². The van der Waals surface area contributed by atoms with Crippen molar-refractivity contribution in [2.45, 2.75) is 0 Å². The van der Waals surface area contributed by atoms with Crippen LogP contribution in [0.1, 0.15) is 10.4 Å². The lowest BCUT2D eigenvalue weighted by Crippen LogP contribution is -2.12. The van der Waals surface area contributed by atoms with Gasteiger partial charge in [0.05, 0.1) is 36.6 Å². The van der Waals surface area contributed by atoms with Gasteiger partial charge in [0.2, 0.25) is 0 Å². The molecule has 0 bridgehead atoms. The Morgan fingerprint density at radius 1 is 0.657 bits per heavy atom. The van der Waals surface area contributed by atoms with Crippen LogP contribution in [0.15, 0.2) is 97.1 Å². The third kappa shape index (κ3) is 4.54. The maximum atomic E-state index is 12.9. The highest BCUT2D eigenvalue weighted by molar-refractivity contribution is 6.05. The van der Waals surface area contributed by atoms with Gasteiger partial charge in [-0.25, -0.2) is 9.97 Å². The Morgan fingerprint density at radius 2 is 1.26 bits per heavy atom. The fourth-order valence-corrected chi connectivity index (χ4v) is 3.91. The van der Waals surface area contributed by atoms with Gasteiger partial charge in [-0.2, -0.15) is 0 Å². The number of carbonyl (C=O) groups excluding carboxylic acids is 1. The summed E-state index contributed by atoms with van der Waals surface area (Å²) in [7, 11) is 3.09. The number of benzene rings is 4. The molecule has 0 aliphatic rings. The highest BCUT2D eigenvalue weighted by Gasteiger charge is 2.15. The van der Waals surface area contributed by atoms with Gasteiger partial charge < -0.3 is 14.8 Å². The second kappa shape index (κ2) is 9.65. The van der Waals surface area contributed by atoms with E-state index in [-0.39, 0.29) is 5.91 Å². The fraction of sp³-hybridized carbons (Fsp3) is 0.0690. The fourth-order valence-electron chi connectivity index (χ4n) is 3.91. The van der Waals surface area contributed by atoms with Crippen LogP contribution < -0.4 is 14.8 Å². The minimum atomic E-state index is -0.262. The van der Waals surface area contributed by atoms with Gasteiger partial charge in [-0.15, -0.1) is 0 Å². The van der Waals surface area contributed by atoms with Crippen molar-refractivity contribution >= 4 is 22.6 Å². The molecular weight excluding hydrogens is 438 g/mol. The first-order valence-corrected chi connectivity index (χ1v) is 11.1. The van der Waals surface area contributed by atoms with E-state index in [0.717, 1.165) is 28.0 Å². The van der Waals surface area contributed by atoms with Gasteiger partial charge >= 0.3 is 0 Å². The summed E-state index contributed by atoms with van der Waals surface area (Å²) in [4.78, 5) is 22.8. The molecule has 1 N–H and O–H groups in total. The average Bonchev–Trinajstić information content (AvgIpc) is 2.92. The SMILES string of the molecule is COc1ccc(C(=O)Nc2ccc3nc(-c4ccccc4)c(-c4ccccc4)nc3c2)cc1OC. The standard InChI is InChI=1S/C29H23N3O3/c1-34-25-16-13-21(17-26(25)35-2)29(33)30-22-14-15-23-24(18-22)32-28(20-11-7-4-8-12-20)27(31-23)19-9-5-3-6-10-19/h3-18H,1-2H3,(H,30,33). The van der Waals surface area contributed by atoms with E-state index in [9.17, 15) is 4.79 Å². The lowest BCUT2D eigenvalue weighted by atomic mass is 10.0. The molecule has 1 amide bonds. The maximum absolute atomic E-state index is 12.9. The second-order valence-electron chi connectivity index (χ2n) is 7.88. The third-order valence-corrected chi connectivity index (χ3v) is 5.66. The smallest absolute Gasteiger partial charge is 0.255 e. The molecule has 0 atom stereocenters. The van der Waals surface area contributed by atoms with Crippen molar-refractivity contribution in [3.05, 3.63) is 103 Å². The van der Waals surface area contributed by atoms with E-state index in [1.54, 1.807) is 25.3 Å². The number of aromatic nitrogens is 2. The molecule has 0 radical (unpaired) electrons. The normalized spacial score (nSPS) is 10.7. The van der Waals surface area contributed by atoms with Gasteiger partial charge in [0.15, 0.2) is 11.5 Å². The summed E-state index contributed by atoms with van der Waals surface area (Å²) in [5.74, 6) is 0.792. The molecule has 1 aromatic heterocycles. The molecule has 4 aromatic carbocycles. The number of rotatable bonds is 6. The summed E-state index contributed by atoms with van der Waals surface area (Å²) < 4.78 is 10.6. The Balaban J connectivity index is 1.53. The summed E-state index contributed by atoms with van der Waals surface area (Å²) >= 11 is 0. The quantitative estimate of drug-likeness (QED) is 0.324. The topological polar surface area (TPSA) is 73.3 Å². The lowest BCUT2D eigenvalue weighted by molar-refractivity contribution is 0.102. The van der Waals surface area contributed by atoms with Crippen molar-refractivity contribution in [1.82, 2.24) is 9.97 Å². The summed E-state index contributed by atoms with van der Waals surface area (Å²) in [6, 6.07) is 30.6. The predicted octanol–water partition coefficient (Wildman–Crippen LogP) is 6.23. The first-order valence-electron chi connectivity index (χ1n) is 11.1. The molecule has 0 saturated carbocycles. The molecule has 5 aromatic rings. The van der Waals surface area contributed by atoms with Crippen LogP contribution in [0.2, 0.25) is 0 Å². The van der Waals surface area contributed by atoms with Crippen LogP contribution in [0.3, 0.4) is 0 Å². The number of amides is 1. The molecule has 0 aliphatic carbocycles. The first kappa shape index (κ1) is 22.1. The third-order valence-electron chi connectivity index (χ3n) is 5.66. The number of methoxy groups -OCH3 is 2. The van der Waals surface area contributed by atoms with Crippen LogP contribution in [0.5, 0.6) is 11.5 Å². The minimum absolute atomic E-state index is 0.262. The monoisotopic (exact) mass is 461 g/mol. The van der Waals surface area contributed by atoms with Crippen LogP contribution >= 0.6 is 0 Å². The Labute approximate surface area is 203 Å². The van der Waals surface area contributed by atoms with Crippen molar-refractivity contribution in [2.75, 3.05) is 19.5 Å². The molecule has 0 saturated heterocycles. The summed E-state index contributed by atoms with van der Waals surface area (Å²) in [6.45, 7) is 0. The number of fused-ring (bicyclic) bond motifs is 1. The van der Waals surface area contributed by atoms with Crippen LogP contribution in [-0.4, -0.2) is 30.1 Å². The molecule has 1 heterocycles. The largest absolute Gasteiger partial charge is 0.493 e. The number of hydrogen-bond acceptors (Lipinski definition) is 5. The van der Waals surface area contributed by atoms with Gasteiger partial charge in [0.25, 0.3) is 5.91 Å². The van der Waals surface area contributed by atoms with Crippen molar-refractivity contribution in [3.63, 3.8) is 0 Å². The summed E-state index contributed by atoms with van der Waals surface area (Å²) in [5.41, 5.74) is 6.07. The van der Waals surface area contributed by atoms with Crippen LogP contribution in [0, 0.1) is 0 Å². The molecule has 0 fully saturated rings. The van der Waals surface area contributed by atoms with Crippen LogP contribution in [0.4, 0.5) is 5.69 Å². The first-order chi connectivity index (χ1) is 17.2. The van der Waals surface area contributed by atoms with Gasteiger partial charge in [-0.05, 0) is 36.4 Å². The zero-order valence-corrected chi connectivity index (χ0v) is 19.4. The van der Waals surface area contributed by atoms with E-state index in [2.05, 4.69) is 5.32 Å². The zero-order valence-electron chi connectivity index (χ0n) is 19.4. The number of nitrogens with zero attached hydrogens (tertiary/aromatic N) is 2. The molecule has 35 heavy (non-hydrogen) atoms. The molecule has 6 heteroatoms. The molecule has 172 valence electrons. The van der Waals surface area contributed by atoms with E-state index in [0.29, 0.717) is 28.3 Å². The maximum Gasteiger partial charge on any atom is 0.255 e. The van der Waals surface area contributed by atoms with E-state index in [1.807, 2.05) is 78.9 Å². The van der Waals surface area contributed by atoms with Crippen molar-refractivity contribution < 1.29 is 14.3 Å². The minimum Gasteiger partial charge on any atom is -0.493 e. The van der Waals surface area contributed by atoms with Crippen molar-refractivity contribution in [3.8, 4) is 34.0 Å². The highest BCUT2D eigenvalue weighted by Crippen LogP contribution is 2.32. The zero-order chi connectivity index (χ0) is 24.2. The molecule has 5 rings (SSSR count). The summed E-state index contributed by atoms with van der Waals surface area (Å²) in [5, 5.41) is 2.94. The lowest BCUT2D eigenvalue weighted by Gasteiger charge is -2.12. The summed E-state index contributed by atoms with van der Waals surface area (Å²) in [6.07, 6.45) is 0. The van der Waals surface area contributed by atoms with E-state index < -0.39 is 0 Å². The predicted molar refractivity (Wildman–Crippen MR) is 138 cm³/mol. The second-order valence-corrected chi connectivity index (χ2v) is 7.88. The van der Waals surface area contributed by atoms with Crippen molar-refractivity contribution in [2.24, 2.45) is 0 Å². The van der Waals surface area contributed by atoms with E-state index in [1.165, 1.54) is 7.11 Å². The van der Waals surface area contributed by atoms with E-state index in [4.69, 9.17) is 19.4 Å². The Bertz CT molecular complexity index is 1500. The number of hydrogen-bond donors (Lipinski definition) is 1. The molecular formula is C29H23N3O3. The number of nitrogens with one attached hydrogen (secondary N) is 1. The number of anilines is 1. The van der Waals surface area contributed by atoms with Crippen LogP contribution in [0.25, 0.3) is 33.5 Å². The number of ether oxygens (including phenoxy) is 2. The Morgan fingerprint density at radius 3 is 1.86 bits per heavy atom. The Kier molecular flexibility index (Phi) is 6.09. The molecule has 0 unspecified atom stereocenters.